The van der Waals surface area contributed by atoms with Crippen LogP contribution >= 0.6 is 0 Å². The Morgan fingerprint density at radius 2 is 2.29 bits per heavy atom. The summed E-state index contributed by atoms with van der Waals surface area (Å²) in [5.41, 5.74) is 1.68. The lowest BCUT2D eigenvalue weighted by Gasteiger charge is -1.99. The largest absolute Gasteiger partial charge is 0.497 e. The van der Waals surface area contributed by atoms with Crippen LogP contribution in [0.25, 0.3) is 10.9 Å². The summed E-state index contributed by atoms with van der Waals surface area (Å²) in [7, 11) is 3.44. The van der Waals surface area contributed by atoms with Crippen molar-refractivity contribution in [1.29, 1.82) is 0 Å². The van der Waals surface area contributed by atoms with Crippen molar-refractivity contribution in [2.24, 2.45) is 7.05 Å². The normalized spacial score (nSPS) is 10.8. The van der Waals surface area contributed by atoms with E-state index in [0.717, 1.165) is 22.3 Å². The first-order valence-electron chi connectivity index (χ1n) is 4.36. The number of hydrogen-bond acceptors (Lipinski definition) is 3. The van der Waals surface area contributed by atoms with Gasteiger partial charge in [-0.05, 0) is 18.2 Å². The van der Waals surface area contributed by atoms with Gasteiger partial charge >= 0.3 is 0 Å². The smallest absolute Gasteiger partial charge is 0.119 e. The van der Waals surface area contributed by atoms with E-state index < -0.39 is 0 Å². The molecule has 0 saturated heterocycles. The Hall–Kier alpha value is -1.55. The molecule has 0 saturated carbocycles. The summed E-state index contributed by atoms with van der Waals surface area (Å²) in [4.78, 5) is 0. The number of aliphatic hydroxyl groups is 1. The van der Waals surface area contributed by atoms with Gasteiger partial charge in [-0.3, -0.25) is 4.68 Å². The second-order valence-electron chi connectivity index (χ2n) is 3.11. The van der Waals surface area contributed by atoms with Crippen LogP contribution in [0.2, 0.25) is 0 Å². The highest BCUT2D eigenvalue weighted by molar-refractivity contribution is 5.83. The molecule has 0 aliphatic rings. The molecule has 2 aromatic rings. The molecular weight excluding hydrogens is 180 g/mol. The highest BCUT2D eigenvalue weighted by Crippen LogP contribution is 2.22. The number of nitrogens with zero attached hydrogens (tertiary/aromatic N) is 2. The van der Waals surface area contributed by atoms with Crippen molar-refractivity contribution in [1.82, 2.24) is 9.78 Å². The Kier molecular flexibility index (Phi) is 2.13. The fourth-order valence-electron chi connectivity index (χ4n) is 1.54. The van der Waals surface area contributed by atoms with Crippen molar-refractivity contribution < 1.29 is 9.84 Å². The summed E-state index contributed by atoms with van der Waals surface area (Å²) in [6, 6.07) is 5.62. The highest BCUT2D eigenvalue weighted by atomic mass is 16.5. The van der Waals surface area contributed by atoms with E-state index in [4.69, 9.17) is 9.84 Å². The molecule has 0 spiro atoms. The summed E-state index contributed by atoms with van der Waals surface area (Å²) in [6.07, 6.45) is 0. The molecule has 1 aromatic carbocycles. The van der Waals surface area contributed by atoms with E-state index in [-0.39, 0.29) is 6.61 Å². The predicted molar refractivity (Wildman–Crippen MR) is 53.2 cm³/mol. The van der Waals surface area contributed by atoms with Crippen molar-refractivity contribution in [3.63, 3.8) is 0 Å². The van der Waals surface area contributed by atoms with Crippen LogP contribution in [0, 0.1) is 0 Å². The number of rotatable bonds is 2. The molecule has 1 aromatic heterocycles. The number of hydrogen-bond donors (Lipinski definition) is 1. The van der Waals surface area contributed by atoms with Crippen molar-refractivity contribution in [2.75, 3.05) is 7.11 Å². The molecule has 1 heterocycles. The molecule has 0 amide bonds. The number of aromatic nitrogens is 2. The van der Waals surface area contributed by atoms with E-state index in [1.54, 1.807) is 11.8 Å². The fraction of sp³-hybridized carbons (Fsp3) is 0.300. The minimum absolute atomic E-state index is 0.0137. The van der Waals surface area contributed by atoms with Gasteiger partial charge in [0.2, 0.25) is 0 Å². The van der Waals surface area contributed by atoms with Gasteiger partial charge in [0.25, 0.3) is 0 Å². The van der Waals surface area contributed by atoms with Gasteiger partial charge in [0, 0.05) is 12.4 Å². The molecule has 74 valence electrons. The Balaban J connectivity index is 2.71. The molecule has 4 heteroatoms. The van der Waals surface area contributed by atoms with Crippen LogP contribution in [0.1, 0.15) is 5.69 Å². The van der Waals surface area contributed by atoms with Crippen LogP contribution in [0.3, 0.4) is 0 Å². The first-order valence-corrected chi connectivity index (χ1v) is 4.36. The zero-order valence-corrected chi connectivity index (χ0v) is 8.19. The Morgan fingerprint density at radius 3 is 2.93 bits per heavy atom. The maximum atomic E-state index is 9.17. The van der Waals surface area contributed by atoms with Gasteiger partial charge in [-0.25, -0.2) is 0 Å². The third-order valence-electron chi connectivity index (χ3n) is 2.31. The van der Waals surface area contributed by atoms with Crippen LogP contribution in [0.4, 0.5) is 0 Å². The average Bonchev–Trinajstić information content (AvgIpc) is 2.52. The van der Waals surface area contributed by atoms with E-state index in [1.807, 2.05) is 25.2 Å². The monoisotopic (exact) mass is 192 g/mol. The van der Waals surface area contributed by atoms with Crippen molar-refractivity contribution in [3.8, 4) is 5.75 Å². The first kappa shape index (κ1) is 9.02. The molecule has 2 rings (SSSR count). The first-order chi connectivity index (χ1) is 6.76. The van der Waals surface area contributed by atoms with Crippen LogP contribution in [-0.4, -0.2) is 22.0 Å². The molecule has 0 atom stereocenters. The summed E-state index contributed by atoms with van der Waals surface area (Å²) >= 11 is 0. The molecule has 0 radical (unpaired) electrons. The Labute approximate surface area is 81.7 Å². The topological polar surface area (TPSA) is 47.3 Å². The molecular formula is C10H12N2O2. The highest BCUT2D eigenvalue weighted by Gasteiger charge is 2.08. The fourth-order valence-corrected chi connectivity index (χ4v) is 1.54. The SMILES string of the molecule is COc1ccc2nn(C)c(CO)c2c1. The number of fused-ring (bicyclic) bond motifs is 1. The maximum Gasteiger partial charge on any atom is 0.119 e. The lowest BCUT2D eigenvalue weighted by molar-refractivity contribution is 0.272. The van der Waals surface area contributed by atoms with Gasteiger partial charge in [-0.15, -0.1) is 0 Å². The van der Waals surface area contributed by atoms with Crippen molar-refractivity contribution in [3.05, 3.63) is 23.9 Å². The van der Waals surface area contributed by atoms with Gasteiger partial charge in [0.05, 0.1) is 24.9 Å². The molecule has 0 aliphatic heterocycles. The second kappa shape index (κ2) is 3.31. The zero-order chi connectivity index (χ0) is 10.1. The van der Waals surface area contributed by atoms with Gasteiger partial charge in [0.1, 0.15) is 5.75 Å². The molecule has 0 bridgehead atoms. The third kappa shape index (κ3) is 1.24. The number of aryl methyl sites for hydroxylation is 1. The van der Waals surface area contributed by atoms with E-state index in [0.29, 0.717) is 0 Å². The third-order valence-corrected chi connectivity index (χ3v) is 2.31. The van der Waals surface area contributed by atoms with E-state index >= 15 is 0 Å². The zero-order valence-electron chi connectivity index (χ0n) is 8.19. The summed E-state index contributed by atoms with van der Waals surface area (Å²) in [6.45, 7) is -0.0137. The van der Waals surface area contributed by atoms with Crippen LogP contribution in [0.15, 0.2) is 18.2 Å². The van der Waals surface area contributed by atoms with Crippen LogP contribution in [-0.2, 0) is 13.7 Å². The molecule has 1 N–H and O–H groups in total. The lowest BCUT2D eigenvalue weighted by atomic mass is 10.2. The van der Waals surface area contributed by atoms with Gasteiger partial charge in [-0.1, -0.05) is 0 Å². The minimum atomic E-state index is -0.0137. The van der Waals surface area contributed by atoms with E-state index in [1.165, 1.54) is 0 Å². The quantitative estimate of drug-likeness (QED) is 0.774. The van der Waals surface area contributed by atoms with Crippen LogP contribution in [0.5, 0.6) is 5.75 Å². The molecule has 0 aliphatic carbocycles. The van der Waals surface area contributed by atoms with Gasteiger partial charge in [0.15, 0.2) is 0 Å². The maximum absolute atomic E-state index is 9.17. The Morgan fingerprint density at radius 1 is 1.50 bits per heavy atom. The van der Waals surface area contributed by atoms with Crippen molar-refractivity contribution in [2.45, 2.75) is 6.61 Å². The van der Waals surface area contributed by atoms with Crippen LogP contribution < -0.4 is 4.74 Å². The molecule has 14 heavy (non-hydrogen) atoms. The van der Waals surface area contributed by atoms with Crippen molar-refractivity contribution >= 4 is 10.9 Å². The molecule has 4 nitrogen and oxygen atoms in total. The van der Waals surface area contributed by atoms with E-state index in [2.05, 4.69) is 5.10 Å². The summed E-state index contributed by atoms with van der Waals surface area (Å²) < 4.78 is 6.80. The second-order valence-corrected chi connectivity index (χ2v) is 3.11. The molecule has 0 fully saturated rings. The summed E-state index contributed by atoms with van der Waals surface area (Å²) in [5.74, 6) is 0.778. The van der Waals surface area contributed by atoms with E-state index in [9.17, 15) is 0 Å². The average molecular weight is 192 g/mol. The Bertz CT molecular complexity index is 462. The summed E-state index contributed by atoms with van der Waals surface area (Å²) in [5, 5.41) is 14.4. The van der Waals surface area contributed by atoms with Gasteiger partial charge in [-0.2, -0.15) is 5.10 Å². The standard InChI is InChI=1S/C10H12N2O2/c1-12-10(6-13)8-5-7(14-2)3-4-9(8)11-12/h3-5,13H,6H2,1-2H3. The lowest BCUT2D eigenvalue weighted by Crippen LogP contribution is -1.97. The molecule has 0 unspecified atom stereocenters. The minimum Gasteiger partial charge on any atom is -0.497 e. The van der Waals surface area contributed by atoms with Gasteiger partial charge < -0.3 is 9.84 Å². The number of methoxy groups -OCH3 is 1. The number of aliphatic hydroxyl groups excluding tert-OH is 1. The number of ether oxygens (including phenoxy) is 1. The number of benzene rings is 1. The predicted octanol–water partition coefficient (Wildman–Crippen LogP) is 1.07.